The average Bonchev–Trinajstić information content (AvgIpc) is 2.54. The van der Waals surface area contributed by atoms with Crippen LogP contribution >= 0.6 is 11.6 Å². The molecule has 3 nitrogen and oxygen atoms in total. The first-order valence-corrected chi connectivity index (χ1v) is 6.65. The van der Waals surface area contributed by atoms with Crippen molar-refractivity contribution in [3.63, 3.8) is 0 Å². The number of ether oxygens (including phenoxy) is 1. The first kappa shape index (κ1) is 7.85. The highest BCUT2D eigenvalue weighted by Gasteiger charge is 2.38. The Morgan fingerprint density at radius 2 is 2.38 bits per heavy atom. The molecule has 2 aromatic carbocycles. The van der Waals surface area contributed by atoms with Gasteiger partial charge in [-0.2, -0.15) is 0 Å². The Hall–Kier alpha value is -2.00. The van der Waals surface area contributed by atoms with E-state index in [1.165, 1.54) is 37.3 Å². The smallest absolute Gasteiger partial charge is 0.290 e. The Morgan fingerprint density at radius 3 is 3.19 bits per heavy atom. The quantitative estimate of drug-likeness (QED) is 0.891. The molecule has 0 aliphatic carbocycles. The average molecular weight is 308 g/mol. The highest BCUT2D eigenvalue weighted by atomic mass is 35.5. The van der Waals surface area contributed by atoms with Crippen molar-refractivity contribution in [3.05, 3.63) is 64.6 Å². The van der Waals surface area contributed by atoms with Gasteiger partial charge in [0.2, 0.25) is 0 Å². The fraction of sp³-hybridized carbons (Fsp3) is 0.235. The highest BCUT2D eigenvalue weighted by molar-refractivity contribution is 6.30. The monoisotopic (exact) mass is 307 g/mol. The Labute approximate surface area is 139 Å². The Morgan fingerprint density at radius 1 is 1.48 bits per heavy atom. The van der Waals surface area contributed by atoms with Crippen molar-refractivity contribution in [2.75, 3.05) is 11.8 Å². The minimum absolute atomic E-state index is 0.0608. The van der Waals surface area contributed by atoms with Crippen molar-refractivity contribution in [1.29, 1.82) is 0 Å². The zero-order valence-electron chi connectivity index (χ0n) is 18.2. The van der Waals surface area contributed by atoms with E-state index in [9.17, 15) is 0 Å². The van der Waals surface area contributed by atoms with Crippen LogP contribution in [-0.2, 0) is 10.3 Å². The molecule has 108 valence electrons. The number of nitrogens with zero attached hydrogens (tertiary/aromatic N) is 1. The minimum Gasteiger partial charge on any atom is -0.449 e. The molecule has 0 bridgehead atoms. The summed E-state index contributed by atoms with van der Waals surface area (Å²) in [5, 5.41) is 3.04. The van der Waals surface area contributed by atoms with Crippen LogP contribution in [0.4, 0.5) is 5.69 Å². The molecule has 1 unspecified atom stereocenters. The topological polar surface area (TPSA) is 33.6 Å². The van der Waals surface area contributed by atoms with Gasteiger partial charge in [0.05, 0.1) is 5.48 Å². The predicted octanol–water partition coefficient (Wildman–Crippen LogP) is 4.42. The van der Waals surface area contributed by atoms with E-state index in [1.54, 1.807) is 6.07 Å². The summed E-state index contributed by atoms with van der Waals surface area (Å²) >= 11 is 6.11. The lowest BCUT2D eigenvalue weighted by atomic mass is 9.86. The van der Waals surface area contributed by atoms with E-state index in [-0.39, 0.29) is 34.3 Å². The van der Waals surface area contributed by atoms with Gasteiger partial charge in [-0.05, 0) is 37.5 Å². The largest absolute Gasteiger partial charge is 0.449 e. The summed E-state index contributed by atoms with van der Waals surface area (Å²) in [7, 11) is 0. The summed E-state index contributed by atoms with van der Waals surface area (Å²) < 4.78 is 62.1. The normalized spacial score (nSPS) is 28.5. The van der Waals surface area contributed by atoms with E-state index in [1.807, 2.05) is 0 Å². The number of rotatable bonds is 2. The van der Waals surface area contributed by atoms with Crippen LogP contribution in [0.15, 0.2) is 53.5 Å². The molecule has 1 aliphatic rings. The first-order valence-electron chi connectivity index (χ1n) is 9.78. The van der Waals surface area contributed by atoms with Crippen LogP contribution in [0, 0.1) is 0 Å². The second-order valence-corrected chi connectivity index (χ2v) is 4.88. The van der Waals surface area contributed by atoms with Gasteiger partial charge in [-0.3, -0.25) is 0 Å². The van der Waals surface area contributed by atoms with Gasteiger partial charge in [0, 0.05) is 26.9 Å². The number of hydrogen-bond acceptors (Lipinski definition) is 2. The SMILES string of the molecule is [2H]c1cccc(C2(C([2H])([2H])[2H])OC(=NC([2H])([2H])C)Nc3ccc(Cl)cc32)c1[2H]. The Kier molecular flexibility index (Phi) is 2.02. The summed E-state index contributed by atoms with van der Waals surface area (Å²) in [6, 6.07) is 7.92. The van der Waals surface area contributed by atoms with Gasteiger partial charge in [0.25, 0.3) is 6.02 Å². The fourth-order valence-corrected chi connectivity index (χ4v) is 2.34. The third-order valence-corrected chi connectivity index (χ3v) is 3.33. The van der Waals surface area contributed by atoms with Crippen LogP contribution < -0.4 is 5.32 Å². The van der Waals surface area contributed by atoms with Crippen molar-refractivity contribution >= 4 is 23.3 Å². The van der Waals surface area contributed by atoms with Crippen LogP contribution in [0.1, 0.15) is 34.5 Å². The number of benzene rings is 2. The van der Waals surface area contributed by atoms with E-state index in [4.69, 9.17) is 25.9 Å². The second kappa shape index (κ2) is 5.41. The minimum atomic E-state index is -2.83. The molecule has 0 radical (unpaired) electrons. The molecule has 0 saturated heterocycles. The Bertz CT molecular complexity index is 955. The summed E-state index contributed by atoms with van der Waals surface area (Å²) in [6.07, 6.45) is 0. The van der Waals surface area contributed by atoms with Crippen LogP contribution in [-0.4, -0.2) is 12.5 Å². The fourth-order valence-electron chi connectivity index (χ4n) is 2.17. The maximum Gasteiger partial charge on any atom is 0.290 e. The first-order chi connectivity index (χ1) is 12.8. The van der Waals surface area contributed by atoms with Gasteiger partial charge in [-0.15, -0.1) is 0 Å². The predicted molar refractivity (Wildman–Crippen MR) is 87.0 cm³/mol. The Balaban J connectivity index is 2.41. The standard InChI is InChI=1S/C17H17ClN2O/c1-3-19-16-20-15-10-9-13(18)11-14(15)17(2,21-16)12-7-5-4-6-8-12/h4-11H,3H2,1-2H3,(H,19,20)/i2D3,3D2,5D,7D. The van der Waals surface area contributed by atoms with Crippen LogP contribution in [0.5, 0.6) is 0 Å². The molecule has 4 heteroatoms. The number of fused-ring (bicyclic) bond motifs is 1. The molecule has 21 heavy (non-hydrogen) atoms. The lowest BCUT2D eigenvalue weighted by molar-refractivity contribution is 0.112. The number of anilines is 1. The van der Waals surface area contributed by atoms with Gasteiger partial charge in [-0.1, -0.05) is 41.9 Å². The maximum atomic E-state index is 8.29. The third-order valence-electron chi connectivity index (χ3n) is 3.09. The van der Waals surface area contributed by atoms with Crippen LogP contribution in [0.25, 0.3) is 0 Å². The molecule has 0 amide bonds. The molecule has 2 aromatic rings. The number of halogens is 1. The van der Waals surface area contributed by atoms with Crippen molar-refractivity contribution in [3.8, 4) is 0 Å². The lowest BCUT2D eigenvalue weighted by Crippen LogP contribution is -2.39. The number of hydrogen-bond donors (Lipinski definition) is 1. The van der Waals surface area contributed by atoms with Gasteiger partial charge in [-0.25, -0.2) is 4.99 Å². The van der Waals surface area contributed by atoms with Gasteiger partial charge < -0.3 is 10.1 Å². The summed E-state index contributed by atoms with van der Waals surface area (Å²) in [6.45, 7) is -3.67. The molecule has 1 N–H and O–H groups in total. The molecule has 0 aromatic heterocycles. The number of nitrogens with one attached hydrogen (secondary N) is 1. The van der Waals surface area contributed by atoms with E-state index in [0.717, 1.165) is 0 Å². The number of amidine groups is 1. The molecule has 1 atom stereocenters. The molecule has 0 fully saturated rings. The molecule has 0 spiro atoms. The maximum absolute atomic E-state index is 8.29. The van der Waals surface area contributed by atoms with Crippen LogP contribution in [0.3, 0.4) is 0 Å². The molecule has 3 rings (SSSR count). The number of aliphatic imine (C=N–C) groups is 1. The molecule has 1 aliphatic heterocycles. The molecular formula is C17H17ClN2O. The van der Waals surface area contributed by atoms with Gasteiger partial charge >= 0.3 is 0 Å². The lowest BCUT2D eigenvalue weighted by Gasteiger charge is -2.38. The van der Waals surface area contributed by atoms with E-state index >= 15 is 0 Å². The third kappa shape index (κ3) is 2.49. The van der Waals surface area contributed by atoms with Crippen LogP contribution in [0.2, 0.25) is 5.02 Å². The zero-order chi connectivity index (χ0) is 20.9. The van der Waals surface area contributed by atoms with E-state index in [2.05, 4.69) is 10.3 Å². The van der Waals surface area contributed by atoms with E-state index < -0.39 is 18.9 Å². The molecular weight excluding hydrogens is 284 g/mol. The van der Waals surface area contributed by atoms with Crippen molar-refractivity contribution in [2.45, 2.75) is 19.4 Å². The van der Waals surface area contributed by atoms with Gasteiger partial charge in [0.15, 0.2) is 5.60 Å². The second-order valence-electron chi connectivity index (χ2n) is 4.45. The molecule has 0 saturated carbocycles. The summed E-state index contributed by atoms with van der Waals surface area (Å²) in [5.74, 6) is 0. The van der Waals surface area contributed by atoms with Crippen molar-refractivity contribution in [2.24, 2.45) is 4.99 Å². The summed E-state index contributed by atoms with van der Waals surface area (Å²) in [5.41, 5.74) is -1.80. The summed E-state index contributed by atoms with van der Waals surface area (Å²) in [4.78, 5) is 3.80. The zero-order valence-corrected chi connectivity index (χ0v) is 12.0. The van der Waals surface area contributed by atoms with Gasteiger partial charge in [0.1, 0.15) is 0 Å². The van der Waals surface area contributed by atoms with Crippen molar-refractivity contribution in [1.82, 2.24) is 0 Å². The van der Waals surface area contributed by atoms with E-state index in [0.29, 0.717) is 5.69 Å². The molecule has 1 heterocycles. The van der Waals surface area contributed by atoms with Crippen molar-refractivity contribution < 1.29 is 14.3 Å². The highest BCUT2D eigenvalue weighted by Crippen LogP contribution is 2.41.